The average Bonchev–Trinajstić information content (AvgIpc) is 2.92. The fourth-order valence-electron chi connectivity index (χ4n) is 3.69. The minimum absolute atomic E-state index is 0.201. The molecule has 1 aliphatic carbocycles. The van der Waals surface area contributed by atoms with Crippen molar-refractivity contribution in [2.24, 2.45) is 5.92 Å². The van der Waals surface area contributed by atoms with Gasteiger partial charge in [-0.2, -0.15) is 0 Å². The summed E-state index contributed by atoms with van der Waals surface area (Å²) in [7, 11) is 0. The van der Waals surface area contributed by atoms with Crippen molar-refractivity contribution in [3.05, 3.63) is 28.5 Å². The van der Waals surface area contributed by atoms with Crippen molar-refractivity contribution < 1.29 is 4.39 Å². The molecule has 0 spiro atoms. The number of hydrogen-bond donors (Lipinski definition) is 2. The Balaban J connectivity index is 1.67. The van der Waals surface area contributed by atoms with E-state index in [0.717, 1.165) is 12.2 Å². The third-order valence-corrected chi connectivity index (χ3v) is 5.31. The smallest absolute Gasteiger partial charge is 0.137 e. The van der Waals surface area contributed by atoms with Crippen LogP contribution in [0.25, 0.3) is 0 Å². The molecule has 0 amide bonds. The van der Waals surface area contributed by atoms with E-state index in [9.17, 15) is 4.39 Å². The molecule has 3 rings (SSSR count). The molecule has 20 heavy (non-hydrogen) atoms. The van der Waals surface area contributed by atoms with Gasteiger partial charge in [0.05, 0.1) is 4.47 Å². The number of piperidine rings is 1. The quantitative estimate of drug-likeness (QED) is 0.856. The second-order valence-corrected chi connectivity index (χ2v) is 6.89. The lowest BCUT2D eigenvalue weighted by Crippen LogP contribution is -2.44. The van der Waals surface area contributed by atoms with Crippen LogP contribution >= 0.6 is 15.9 Å². The van der Waals surface area contributed by atoms with Gasteiger partial charge in [0.25, 0.3) is 0 Å². The average molecular weight is 341 g/mol. The van der Waals surface area contributed by atoms with Crippen LogP contribution in [-0.2, 0) is 0 Å². The van der Waals surface area contributed by atoms with Crippen LogP contribution in [0.4, 0.5) is 10.1 Å². The van der Waals surface area contributed by atoms with Crippen LogP contribution in [0.1, 0.15) is 38.5 Å². The normalized spacial score (nSPS) is 30.4. The van der Waals surface area contributed by atoms with Crippen molar-refractivity contribution in [3.63, 3.8) is 0 Å². The standard InChI is InChI=1S/C16H22BrFN2/c17-13-10-11(7-8-14(13)18)20-16-6-3-4-12(16)15-5-1-2-9-19-15/h7-8,10,12,15-16,19-20H,1-6,9H2. The first-order valence-corrected chi connectivity index (χ1v) is 8.48. The second-order valence-electron chi connectivity index (χ2n) is 6.03. The number of nitrogens with one attached hydrogen (secondary N) is 2. The summed E-state index contributed by atoms with van der Waals surface area (Å²) in [6.45, 7) is 1.16. The molecule has 3 unspecified atom stereocenters. The summed E-state index contributed by atoms with van der Waals surface area (Å²) in [5, 5.41) is 7.31. The van der Waals surface area contributed by atoms with Crippen LogP contribution < -0.4 is 10.6 Å². The van der Waals surface area contributed by atoms with Crippen molar-refractivity contribution >= 4 is 21.6 Å². The van der Waals surface area contributed by atoms with Gasteiger partial charge < -0.3 is 10.6 Å². The van der Waals surface area contributed by atoms with Crippen LogP contribution in [0, 0.1) is 11.7 Å². The molecule has 1 aromatic carbocycles. The van der Waals surface area contributed by atoms with Gasteiger partial charge in [-0.05, 0) is 72.3 Å². The number of benzene rings is 1. The van der Waals surface area contributed by atoms with E-state index in [2.05, 4.69) is 26.6 Å². The molecule has 1 saturated heterocycles. The van der Waals surface area contributed by atoms with Crippen molar-refractivity contribution in [2.45, 2.75) is 50.6 Å². The zero-order valence-corrected chi connectivity index (χ0v) is 13.3. The monoisotopic (exact) mass is 340 g/mol. The SMILES string of the molecule is Fc1ccc(NC2CCCC2C2CCCCN2)cc1Br. The second kappa shape index (κ2) is 6.44. The molecule has 2 fully saturated rings. The summed E-state index contributed by atoms with van der Waals surface area (Å²) in [5.74, 6) is 0.506. The van der Waals surface area contributed by atoms with Crippen molar-refractivity contribution in [1.29, 1.82) is 0 Å². The highest BCUT2D eigenvalue weighted by Gasteiger charge is 2.34. The molecule has 3 atom stereocenters. The van der Waals surface area contributed by atoms with E-state index in [0.29, 0.717) is 22.5 Å². The Hall–Kier alpha value is -0.610. The largest absolute Gasteiger partial charge is 0.382 e. The Kier molecular flexibility index (Phi) is 4.61. The molecule has 1 saturated carbocycles. The number of rotatable bonds is 3. The van der Waals surface area contributed by atoms with Gasteiger partial charge in [0.2, 0.25) is 0 Å². The minimum atomic E-state index is -0.201. The van der Waals surface area contributed by atoms with Gasteiger partial charge in [-0.1, -0.05) is 12.8 Å². The van der Waals surface area contributed by atoms with Crippen molar-refractivity contribution in [3.8, 4) is 0 Å². The fourth-order valence-corrected chi connectivity index (χ4v) is 4.07. The summed E-state index contributed by atoms with van der Waals surface area (Å²) in [5.41, 5.74) is 1.02. The van der Waals surface area contributed by atoms with Gasteiger partial charge in [-0.3, -0.25) is 0 Å². The number of hydrogen-bond acceptors (Lipinski definition) is 2. The fraction of sp³-hybridized carbons (Fsp3) is 0.625. The summed E-state index contributed by atoms with van der Waals surface area (Å²) in [6, 6.07) is 6.38. The van der Waals surface area contributed by atoms with E-state index in [4.69, 9.17) is 0 Å². The molecule has 1 heterocycles. The van der Waals surface area contributed by atoms with Gasteiger partial charge in [0.1, 0.15) is 5.82 Å². The number of anilines is 1. The highest BCUT2D eigenvalue weighted by Crippen LogP contribution is 2.34. The molecule has 1 aliphatic heterocycles. The Labute approximate surface area is 128 Å². The number of halogens is 2. The van der Waals surface area contributed by atoms with Gasteiger partial charge in [-0.15, -0.1) is 0 Å². The van der Waals surface area contributed by atoms with Crippen LogP contribution in [0.5, 0.6) is 0 Å². The van der Waals surface area contributed by atoms with Crippen molar-refractivity contribution in [1.82, 2.24) is 5.32 Å². The molecule has 1 aromatic rings. The molecule has 0 radical (unpaired) electrons. The van der Waals surface area contributed by atoms with E-state index in [1.54, 1.807) is 0 Å². The van der Waals surface area contributed by atoms with Gasteiger partial charge >= 0.3 is 0 Å². The maximum absolute atomic E-state index is 13.3. The van der Waals surface area contributed by atoms with E-state index in [-0.39, 0.29) is 5.82 Å². The van der Waals surface area contributed by atoms with Crippen LogP contribution in [-0.4, -0.2) is 18.6 Å². The predicted octanol–water partition coefficient (Wildman–Crippen LogP) is 4.31. The first-order chi connectivity index (χ1) is 9.74. The molecule has 110 valence electrons. The summed E-state index contributed by atoms with van der Waals surface area (Å²) < 4.78 is 13.8. The predicted molar refractivity (Wildman–Crippen MR) is 84.5 cm³/mol. The molecule has 0 bridgehead atoms. The lowest BCUT2D eigenvalue weighted by molar-refractivity contribution is 0.286. The highest BCUT2D eigenvalue weighted by atomic mass is 79.9. The molecular weight excluding hydrogens is 319 g/mol. The third-order valence-electron chi connectivity index (χ3n) is 4.71. The van der Waals surface area contributed by atoms with E-state index in [1.807, 2.05) is 12.1 Å². The molecule has 0 aromatic heterocycles. The Morgan fingerprint density at radius 2 is 2.05 bits per heavy atom. The van der Waals surface area contributed by atoms with Gasteiger partial charge in [0, 0.05) is 17.8 Å². The molecular formula is C16H22BrFN2. The minimum Gasteiger partial charge on any atom is -0.382 e. The first-order valence-electron chi connectivity index (χ1n) is 7.69. The van der Waals surface area contributed by atoms with E-state index < -0.39 is 0 Å². The van der Waals surface area contributed by atoms with Crippen molar-refractivity contribution in [2.75, 3.05) is 11.9 Å². The zero-order valence-electron chi connectivity index (χ0n) is 11.7. The third kappa shape index (κ3) is 3.17. The summed E-state index contributed by atoms with van der Waals surface area (Å²) in [4.78, 5) is 0. The van der Waals surface area contributed by atoms with Crippen LogP contribution in [0.2, 0.25) is 0 Å². The Morgan fingerprint density at radius 3 is 2.80 bits per heavy atom. The Bertz CT molecular complexity index is 460. The molecule has 4 heteroatoms. The van der Waals surface area contributed by atoms with Crippen LogP contribution in [0.15, 0.2) is 22.7 Å². The molecule has 2 N–H and O–H groups in total. The topological polar surface area (TPSA) is 24.1 Å². The van der Waals surface area contributed by atoms with Gasteiger partial charge in [-0.25, -0.2) is 4.39 Å². The Morgan fingerprint density at radius 1 is 1.15 bits per heavy atom. The lowest BCUT2D eigenvalue weighted by Gasteiger charge is -2.33. The molecule has 2 aliphatic rings. The summed E-state index contributed by atoms with van der Waals surface area (Å²) in [6.07, 6.45) is 7.78. The zero-order chi connectivity index (χ0) is 13.9. The van der Waals surface area contributed by atoms with Crippen LogP contribution in [0.3, 0.4) is 0 Å². The first kappa shape index (κ1) is 14.3. The molecule has 2 nitrogen and oxygen atoms in total. The lowest BCUT2D eigenvalue weighted by atomic mass is 9.88. The highest BCUT2D eigenvalue weighted by molar-refractivity contribution is 9.10. The van der Waals surface area contributed by atoms with Gasteiger partial charge in [0.15, 0.2) is 0 Å². The van der Waals surface area contributed by atoms with E-state index in [1.165, 1.54) is 44.6 Å². The maximum atomic E-state index is 13.3. The maximum Gasteiger partial charge on any atom is 0.137 e. The van der Waals surface area contributed by atoms with E-state index >= 15 is 0 Å². The summed E-state index contributed by atoms with van der Waals surface area (Å²) >= 11 is 3.26.